The highest BCUT2D eigenvalue weighted by atomic mass is 16.4. The fourth-order valence-electron chi connectivity index (χ4n) is 1.75. The summed E-state index contributed by atoms with van der Waals surface area (Å²) in [6.45, 7) is 3.16. The van der Waals surface area contributed by atoms with E-state index < -0.39 is 35.8 Å². The summed E-state index contributed by atoms with van der Waals surface area (Å²) in [6, 6.07) is -2.14. The van der Waals surface area contributed by atoms with Gasteiger partial charge in [0.25, 0.3) is 0 Å². The van der Waals surface area contributed by atoms with Gasteiger partial charge >= 0.3 is 5.97 Å². The van der Waals surface area contributed by atoms with E-state index in [4.69, 9.17) is 16.6 Å². The molecule has 0 saturated heterocycles. The topological polar surface area (TPSA) is 165 Å². The van der Waals surface area contributed by atoms with Crippen molar-refractivity contribution in [3.8, 4) is 0 Å². The fourth-order valence-corrected chi connectivity index (χ4v) is 1.75. The summed E-state index contributed by atoms with van der Waals surface area (Å²) in [6.07, 6.45) is 0.405. The van der Waals surface area contributed by atoms with Crippen LogP contribution in [0.5, 0.6) is 0 Å². The van der Waals surface area contributed by atoms with Gasteiger partial charge in [0.05, 0.1) is 6.54 Å². The van der Waals surface area contributed by atoms with Crippen molar-refractivity contribution in [3.63, 3.8) is 0 Å². The molecule has 3 unspecified atom stereocenters. The normalized spacial score (nSPS) is 14.5. The number of rotatable bonds is 10. The van der Waals surface area contributed by atoms with Crippen LogP contribution < -0.4 is 22.1 Å². The van der Waals surface area contributed by atoms with E-state index in [1.165, 1.54) is 0 Å². The van der Waals surface area contributed by atoms with Crippen molar-refractivity contribution in [1.29, 1.82) is 0 Å². The first-order chi connectivity index (χ1) is 10.2. The molecule has 126 valence electrons. The lowest BCUT2D eigenvalue weighted by molar-refractivity contribution is -0.143. The Balaban J connectivity index is 4.94. The molecule has 9 nitrogen and oxygen atoms in total. The van der Waals surface area contributed by atoms with Crippen LogP contribution >= 0.6 is 0 Å². The van der Waals surface area contributed by atoms with Crippen molar-refractivity contribution < 1.29 is 24.3 Å². The van der Waals surface area contributed by atoms with Crippen LogP contribution in [0.4, 0.5) is 0 Å². The Morgan fingerprint density at radius 1 is 1.18 bits per heavy atom. The second-order valence-electron chi connectivity index (χ2n) is 5.04. The van der Waals surface area contributed by atoms with Crippen LogP contribution in [-0.4, -0.2) is 47.4 Å². The Hall–Kier alpha value is -2.16. The van der Waals surface area contributed by atoms with E-state index in [2.05, 4.69) is 10.6 Å². The predicted molar refractivity (Wildman–Crippen MR) is 78.4 cm³/mol. The van der Waals surface area contributed by atoms with E-state index in [0.29, 0.717) is 6.42 Å². The summed E-state index contributed by atoms with van der Waals surface area (Å²) in [7, 11) is 0. The van der Waals surface area contributed by atoms with Gasteiger partial charge in [0.1, 0.15) is 12.1 Å². The van der Waals surface area contributed by atoms with E-state index in [1.807, 2.05) is 0 Å². The van der Waals surface area contributed by atoms with Gasteiger partial charge in [0.2, 0.25) is 17.7 Å². The lowest BCUT2D eigenvalue weighted by atomic mass is 9.98. The highest BCUT2D eigenvalue weighted by Crippen LogP contribution is 2.09. The monoisotopic (exact) mass is 316 g/mol. The Morgan fingerprint density at radius 2 is 1.77 bits per heavy atom. The molecule has 3 amide bonds. The molecule has 0 aromatic carbocycles. The number of carbonyl (C=O) groups excluding carboxylic acids is 3. The van der Waals surface area contributed by atoms with Gasteiger partial charge in [0.15, 0.2) is 0 Å². The van der Waals surface area contributed by atoms with Gasteiger partial charge in [-0.3, -0.25) is 14.4 Å². The van der Waals surface area contributed by atoms with Crippen molar-refractivity contribution in [3.05, 3.63) is 0 Å². The number of carbonyl (C=O) groups is 4. The molecule has 7 N–H and O–H groups in total. The molecule has 0 radical (unpaired) electrons. The van der Waals surface area contributed by atoms with E-state index in [9.17, 15) is 19.2 Å². The van der Waals surface area contributed by atoms with Crippen LogP contribution in [-0.2, 0) is 19.2 Å². The molecule has 22 heavy (non-hydrogen) atoms. The van der Waals surface area contributed by atoms with Crippen LogP contribution in [0.2, 0.25) is 0 Å². The molecule has 0 aliphatic carbocycles. The molecule has 0 rings (SSSR count). The lowest BCUT2D eigenvalue weighted by Gasteiger charge is -2.24. The maximum atomic E-state index is 12.2. The van der Waals surface area contributed by atoms with Crippen LogP contribution in [0.15, 0.2) is 0 Å². The maximum Gasteiger partial charge on any atom is 0.326 e. The Bertz CT molecular complexity index is 427. The molecule has 0 saturated carbocycles. The van der Waals surface area contributed by atoms with Gasteiger partial charge in [-0.15, -0.1) is 0 Å². The average Bonchev–Trinajstić information content (AvgIpc) is 2.46. The van der Waals surface area contributed by atoms with Crippen LogP contribution in [0.3, 0.4) is 0 Å². The molecule has 0 aliphatic rings. The number of nitrogens with one attached hydrogen (secondary N) is 2. The standard InChI is InChI=1S/C13H24N4O5/c1-3-7(2)11(13(21)22)17-12(20)8(4-5-9(15)18)16-10(19)6-14/h7-8,11H,3-6,14H2,1-2H3,(H2,15,18)(H,16,19)(H,17,20)(H,21,22). The number of amides is 3. The first-order valence-electron chi connectivity index (χ1n) is 7.03. The minimum atomic E-state index is -1.17. The average molecular weight is 316 g/mol. The number of hydrogen-bond acceptors (Lipinski definition) is 5. The second kappa shape index (κ2) is 9.72. The Kier molecular flexibility index (Phi) is 8.76. The molecule has 0 aliphatic heterocycles. The number of hydrogen-bond donors (Lipinski definition) is 5. The molecule has 0 aromatic heterocycles. The third-order valence-corrected chi connectivity index (χ3v) is 3.29. The second-order valence-corrected chi connectivity index (χ2v) is 5.04. The minimum Gasteiger partial charge on any atom is -0.480 e. The number of primary amides is 1. The lowest BCUT2D eigenvalue weighted by Crippen LogP contribution is -2.54. The van der Waals surface area contributed by atoms with Crippen molar-refractivity contribution >= 4 is 23.7 Å². The zero-order chi connectivity index (χ0) is 17.3. The van der Waals surface area contributed by atoms with Gasteiger partial charge in [-0.25, -0.2) is 4.79 Å². The maximum absolute atomic E-state index is 12.2. The summed E-state index contributed by atoms with van der Waals surface area (Å²) in [5.41, 5.74) is 10.2. The number of aliphatic carboxylic acids is 1. The van der Waals surface area contributed by atoms with Crippen molar-refractivity contribution in [1.82, 2.24) is 10.6 Å². The summed E-state index contributed by atoms with van der Waals surface area (Å²) in [5, 5.41) is 13.9. The van der Waals surface area contributed by atoms with Crippen LogP contribution in [0.1, 0.15) is 33.1 Å². The van der Waals surface area contributed by atoms with E-state index in [0.717, 1.165) is 0 Å². The first kappa shape index (κ1) is 19.8. The van der Waals surface area contributed by atoms with Crippen molar-refractivity contribution in [2.75, 3.05) is 6.54 Å². The van der Waals surface area contributed by atoms with Gasteiger partial charge < -0.3 is 27.2 Å². The van der Waals surface area contributed by atoms with Gasteiger partial charge in [-0.2, -0.15) is 0 Å². The molecular weight excluding hydrogens is 292 g/mol. The molecule has 3 atom stereocenters. The Morgan fingerprint density at radius 3 is 2.18 bits per heavy atom. The predicted octanol–water partition coefficient (Wildman–Crippen LogP) is -1.69. The summed E-state index contributed by atoms with van der Waals surface area (Å²) in [4.78, 5) is 45.5. The van der Waals surface area contributed by atoms with Crippen molar-refractivity contribution in [2.45, 2.75) is 45.2 Å². The quantitative estimate of drug-likeness (QED) is 0.322. The molecule has 0 spiro atoms. The highest BCUT2D eigenvalue weighted by molar-refractivity contribution is 5.91. The SMILES string of the molecule is CCC(C)C(NC(=O)C(CCC(N)=O)NC(=O)CN)C(=O)O. The summed E-state index contributed by atoms with van der Waals surface area (Å²) in [5.74, 6) is -3.35. The van der Waals surface area contributed by atoms with Crippen LogP contribution in [0.25, 0.3) is 0 Å². The fraction of sp³-hybridized carbons (Fsp3) is 0.692. The van der Waals surface area contributed by atoms with E-state index in [1.54, 1.807) is 13.8 Å². The van der Waals surface area contributed by atoms with Gasteiger partial charge in [0, 0.05) is 6.42 Å². The first-order valence-corrected chi connectivity index (χ1v) is 7.03. The van der Waals surface area contributed by atoms with E-state index in [-0.39, 0.29) is 25.3 Å². The number of nitrogens with two attached hydrogens (primary N) is 2. The van der Waals surface area contributed by atoms with Gasteiger partial charge in [-0.1, -0.05) is 20.3 Å². The largest absolute Gasteiger partial charge is 0.480 e. The van der Waals surface area contributed by atoms with E-state index >= 15 is 0 Å². The summed E-state index contributed by atoms with van der Waals surface area (Å²) >= 11 is 0. The third kappa shape index (κ3) is 7.02. The van der Waals surface area contributed by atoms with Gasteiger partial charge in [-0.05, 0) is 12.3 Å². The number of carboxylic acid groups (broad SMARTS) is 1. The Labute approximate surface area is 128 Å². The highest BCUT2D eigenvalue weighted by Gasteiger charge is 2.29. The molecule has 0 heterocycles. The van der Waals surface area contributed by atoms with Crippen LogP contribution in [0, 0.1) is 5.92 Å². The smallest absolute Gasteiger partial charge is 0.326 e. The molecule has 0 fully saturated rings. The zero-order valence-electron chi connectivity index (χ0n) is 12.8. The summed E-state index contributed by atoms with van der Waals surface area (Å²) < 4.78 is 0. The number of carboxylic acids is 1. The molecular formula is C13H24N4O5. The minimum absolute atomic E-state index is 0.0280. The zero-order valence-corrected chi connectivity index (χ0v) is 12.8. The molecule has 9 heteroatoms. The molecule has 0 aromatic rings. The van der Waals surface area contributed by atoms with Crippen molar-refractivity contribution in [2.24, 2.45) is 17.4 Å². The third-order valence-electron chi connectivity index (χ3n) is 3.29. The molecule has 0 bridgehead atoms.